The molecule has 30 heavy (non-hydrogen) atoms. The van der Waals surface area contributed by atoms with Gasteiger partial charge >= 0.3 is 0 Å². The molecule has 1 aromatic heterocycles. The fourth-order valence-electron chi connectivity index (χ4n) is 3.71. The predicted octanol–water partition coefficient (Wildman–Crippen LogP) is 4.26. The van der Waals surface area contributed by atoms with Crippen LogP contribution in [0.4, 0.5) is 17.5 Å². The van der Waals surface area contributed by atoms with E-state index in [2.05, 4.69) is 58.5 Å². The van der Waals surface area contributed by atoms with E-state index < -0.39 is 0 Å². The topological polar surface area (TPSA) is 53.5 Å². The number of hydrogen-bond donors (Lipinski definition) is 1. The zero-order valence-electron chi connectivity index (χ0n) is 18.0. The number of ether oxygens (including phenoxy) is 1. The van der Waals surface area contributed by atoms with Crippen LogP contribution in [0.15, 0.2) is 61.8 Å². The van der Waals surface area contributed by atoms with Crippen LogP contribution in [-0.4, -0.2) is 54.8 Å². The SMILES string of the molecule is C=CCOCC1CCN(c2ccnc(Nc3cccc(CN(C)CC=C)c3)n2)CC1. The Morgan fingerprint density at radius 1 is 1.23 bits per heavy atom. The van der Waals surface area contributed by atoms with Crippen molar-refractivity contribution in [1.29, 1.82) is 0 Å². The molecule has 1 saturated heterocycles. The molecule has 0 unspecified atom stereocenters. The number of nitrogens with zero attached hydrogens (tertiary/aromatic N) is 4. The van der Waals surface area contributed by atoms with Gasteiger partial charge in [-0.15, -0.1) is 13.2 Å². The molecule has 0 bridgehead atoms. The lowest BCUT2D eigenvalue weighted by Gasteiger charge is -2.32. The first-order chi connectivity index (χ1) is 14.7. The fraction of sp³-hybridized carbons (Fsp3) is 0.417. The van der Waals surface area contributed by atoms with E-state index in [0.717, 1.165) is 57.1 Å². The first-order valence-corrected chi connectivity index (χ1v) is 10.6. The molecule has 0 atom stereocenters. The molecule has 1 fully saturated rings. The Kier molecular flexibility index (Phi) is 8.41. The Morgan fingerprint density at radius 2 is 2.07 bits per heavy atom. The van der Waals surface area contributed by atoms with Gasteiger partial charge in [-0.2, -0.15) is 4.98 Å². The second kappa shape index (κ2) is 11.5. The number of piperidine rings is 1. The number of rotatable bonds is 11. The summed E-state index contributed by atoms with van der Waals surface area (Å²) in [6.45, 7) is 12.7. The van der Waals surface area contributed by atoms with Crippen LogP contribution < -0.4 is 10.2 Å². The zero-order chi connectivity index (χ0) is 21.2. The van der Waals surface area contributed by atoms with Crippen molar-refractivity contribution in [2.75, 3.05) is 50.1 Å². The number of aromatic nitrogens is 2. The van der Waals surface area contributed by atoms with Crippen molar-refractivity contribution in [3.63, 3.8) is 0 Å². The monoisotopic (exact) mass is 407 g/mol. The second-order valence-electron chi connectivity index (χ2n) is 7.81. The first kappa shape index (κ1) is 22.0. The lowest BCUT2D eigenvalue weighted by atomic mass is 9.98. The molecule has 0 saturated carbocycles. The third-order valence-corrected chi connectivity index (χ3v) is 5.25. The van der Waals surface area contributed by atoms with Crippen LogP contribution in [0.1, 0.15) is 18.4 Å². The number of benzene rings is 1. The van der Waals surface area contributed by atoms with Crippen LogP contribution >= 0.6 is 0 Å². The summed E-state index contributed by atoms with van der Waals surface area (Å²) < 4.78 is 5.62. The lowest BCUT2D eigenvalue weighted by Crippen LogP contribution is -2.35. The van der Waals surface area contributed by atoms with Gasteiger partial charge in [0.25, 0.3) is 0 Å². The highest BCUT2D eigenvalue weighted by Gasteiger charge is 2.20. The normalized spacial score (nSPS) is 14.7. The van der Waals surface area contributed by atoms with Gasteiger partial charge in [-0.05, 0) is 49.6 Å². The minimum atomic E-state index is 0.614. The van der Waals surface area contributed by atoms with E-state index in [-0.39, 0.29) is 0 Å². The van der Waals surface area contributed by atoms with Crippen molar-refractivity contribution < 1.29 is 4.74 Å². The second-order valence-corrected chi connectivity index (χ2v) is 7.81. The standard InChI is InChI=1S/C24H33N5O/c1-4-13-28(3)18-21-7-6-8-22(17-21)26-24-25-12-9-23(27-24)29-14-10-20(11-15-29)19-30-16-5-2/h4-9,12,17,20H,1-2,10-11,13-16,18-19H2,3H3,(H,25,26,27). The van der Waals surface area contributed by atoms with Crippen molar-refractivity contribution in [3.05, 3.63) is 67.4 Å². The lowest BCUT2D eigenvalue weighted by molar-refractivity contribution is 0.112. The van der Waals surface area contributed by atoms with Crippen molar-refractivity contribution >= 4 is 17.5 Å². The highest BCUT2D eigenvalue weighted by molar-refractivity contribution is 5.56. The van der Waals surface area contributed by atoms with Crippen LogP contribution in [0.3, 0.4) is 0 Å². The van der Waals surface area contributed by atoms with Gasteiger partial charge < -0.3 is 15.0 Å². The largest absolute Gasteiger partial charge is 0.377 e. The highest BCUT2D eigenvalue weighted by Crippen LogP contribution is 2.23. The Bertz CT molecular complexity index is 817. The van der Waals surface area contributed by atoms with Gasteiger partial charge in [0.2, 0.25) is 5.95 Å². The Morgan fingerprint density at radius 3 is 2.83 bits per heavy atom. The molecular formula is C24H33N5O. The maximum Gasteiger partial charge on any atom is 0.229 e. The maximum absolute atomic E-state index is 5.62. The summed E-state index contributed by atoms with van der Waals surface area (Å²) in [4.78, 5) is 13.7. The molecule has 1 N–H and O–H groups in total. The Balaban J connectivity index is 1.57. The van der Waals surface area contributed by atoms with Gasteiger partial charge in [0.15, 0.2) is 0 Å². The molecule has 1 aromatic carbocycles. The Hall–Kier alpha value is -2.70. The summed E-state index contributed by atoms with van der Waals surface area (Å²) >= 11 is 0. The molecule has 160 valence electrons. The van der Waals surface area contributed by atoms with Crippen molar-refractivity contribution in [1.82, 2.24) is 14.9 Å². The summed E-state index contributed by atoms with van der Waals surface area (Å²) in [6.07, 6.45) is 7.78. The first-order valence-electron chi connectivity index (χ1n) is 10.6. The Labute approximate surface area is 180 Å². The zero-order valence-corrected chi connectivity index (χ0v) is 18.0. The van der Waals surface area contributed by atoms with Crippen LogP contribution in [0.25, 0.3) is 0 Å². The molecular weight excluding hydrogens is 374 g/mol. The molecule has 0 aliphatic carbocycles. The van der Waals surface area contributed by atoms with Gasteiger partial charge in [0, 0.05) is 44.7 Å². The minimum absolute atomic E-state index is 0.614. The van der Waals surface area contributed by atoms with Crippen LogP contribution in [0.5, 0.6) is 0 Å². The van der Waals surface area contributed by atoms with E-state index in [1.54, 1.807) is 6.08 Å². The van der Waals surface area contributed by atoms with Crippen molar-refractivity contribution in [2.24, 2.45) is 5.92 Å². The number of anilines is 3. The maximum atomic E-state index is 5.62. The molecule has 6 nitrogen and oxygen atoms in total. The summed E-state index contributed by atoms with van der Waals surface area (Å²) in [5, 5.41) is 3.36. The van der Waals surface area contributed by atoms with E-state index >= 15 is 0 Å². The molecule has 0 spiro atoms. The van der Waals surface area contributed by atoms with Gasteiger partial charge in [-0.3, -0.25) is 4.90 Å². The quantitative estimate of drug-likeness (QED) is 0.444. The smallest absolute Gasteiger partial charge is 0.229 e. The van der Waals surface area contributed by atoms with Crippen LogP contribution in [0, 0.1) is 5.92 Å². The van der Waals surface area contributed by atoms with Crippen molar-refractivity contribution in [2.45, 2.75) is 19.4 Å². The van der Waals surface area contributed by atoms with Gasteiger partial charge in [0.1, 0.15) is 5.82 Å². The third-order valence-electron chi connectivity index (χ3n) is 5.25. The van der Waals surface area contributed by atoms with E-state index in [4.69, 9.17) is 9.72 Å². The van der Waals surface area contributed by atoms with Gasteiger partial charge in [-0.1, -0.05) is 24.3 Å². The van der Waals surface area contributed by atoms with Gasteiger partial charge in [-0.25, -0.2) is 4.98 Å². The molecule has 0 radical (unpaired) electrons. The van der Waals surface area contributed by atoms with E-state index in [9.17, 15) is 0 Å². The van der Waals surface area contributed by atoms with Gasteiger partial charge in [0.05, 0.1) is 6.61 Å². The molecule has 2 heterocycles. The molecule has 0 amide bonds. The molecule has 1 aliphatic heterocycles. The number of nitrogens with one attached hydrogen (secondary N) is 1. The van der Waals surface area contributed by atoms with Crippen LogP contribution in [0.2, 0.25) is 0 Å². The predicted molar refractivity (Wildman–Crippen MR) is 124 cm³/mol. The minimum Gasteiger partial charge on any atom is -0.377 e. The molecule has 6 heteroatoms. The highest BCUT2D eigenvalue weighted by atomic mass is 16.5. The molecule has 1 aliphatic rings. The summed E-state index contributed by atoms with van der Waals surface area (Å²) in [7, 11) is 2.09. The summed E-state index contributed by atoms with van der Waals surface area (Å²) in [5.74, 6) is 2.21. The molecule has 3 rings (SSSR count). The summed E-state index contributed by atoms with van der Waals surface area (Å²) in [6, 6.07) is 10.4. The number of hydrogen-bond acceptors (Lipinski definition) is 6. The molecule has 2 aromatic rings. The van der Waals surface area contributed by atoms with E-state index in [1.165, 1.54) is 5.56 Å². The average molecular weight is 408 g/mol. The van der Waals surface area contributed by atoms with Crippen molar-refractivity contribution in [3.8, 4) is 0 Å². The number of likely N-dealkylation sites (N-methyl/N-ethyl adjacent to an activating group) is 1. The fourth-order valence-corrected chi connectivity index (χ4v) is 3.71. The summed E-state index contributed by atoms with van der Waals surface area (Å²) in [5.41, 5.74) is 2.23. The van der Waals surface area contributed by atoms with E-state index in [0.29, 0.717) is 18.5 Å². The average Bonchev–Trinajstić information content (AvgIpc) is 2.75. The third kappa shape index (κ3) is 6.68. The van der Waals surface area contributed by atoms with Crippen LogP contribution in [-0.2, 0) is 11.3 Å². The van der Waals surface area contributed by atoms with E-state index in [1.807, 2.05) is 24.4 Å².